The summed E-state index contributed by atoms with van der Waals surface area (Å²) in [5.41, 5.74) is 0.425. The number of ether oxygens (including phenoxy) is 1. The molecule has 0 bridgehead atoms. The molecule has 0 radical (unpaired) electrons. The maximum Gasteiger partial charge on any atom is 0.406 e. The third kappa shape index (κ3) is 3.09. The molecule has 130 valence electrons. The molecule has 25 heavy (non-hydrogen) atoms. The third-order valence-electron chi connectivity index (χ3n) is 4.52. The molecule has 4 rings (SSSR count). The van der Waals surface area contributed by atoms with Crippen molar-refractivity contribution >= 4 is 16.2 Å². The van der Waals surface area contributed by atoms with Crippen LogP contribution in [0.25, 0.3) is 0 Å². The second-order valence-electron chi connectivity index (χ2n) is 6.25. The Morgan fingerprint density at radius 2 is 2.16 bits per heavy atom. The van der Waals surface area contributed by atoms with Gasteiger partial charge in [-0.15, -0.1) is 0 Å². The second-order valence-corrected chi connectivity index (χ2v) is 7.47. The molecule has 0 saturated heterocycles. The average molecular weight is 360 g/mol. The van der Waals surface area contributed by atoms with E-state index >= 15 is 0 Å². The van der Waals surface area contributed by atoms with Crippen LogP contribution in [0.4, 0.5) is 4.39 Å². The number of hydrogen-bond acceptors (Lipinski definition) is 4. The summed E-state index contributed by atoms with van der Waals surface area (Å²) in [5, 5.41) is 9.95. The molecule has 2 aliphatic rings. The highest BCUT2D eigenvalue weighted by molar-refractivity contribution is 7.79. The topological polar surface area (TPSA) is 64.3 Å². The van der Waals surface area contributed by atoms with Crippen molar-refractivity contribution in [2.45, 2.75) is 24.7 Å². The Hall–Kier alpha value is -2.12. The summed E-state index contributed by atoms with van der Waals surface area (Å²) in [5.74, 6) is 0.544. The predicted molar refractivity (Wildman–Crippen MR) is 92.9 cm³/mol. The first-order chi connectivity index (χ1) is 12.1. The Bertz CT molecular complexity index is 894. The van der Waals surface area contributed by atoms with Gasteiger partial charge < -0.3 is 16.3 Å². The van der Waals surface area contributed by atoms with Gasteiger partial charge in [0.2, 0.25) is 4.86 Å². The minimum atomic E-state index is -0.326. The SMILES string of the molecule is CC1=[S+]c2nc(COc3ccc(F)cc3)cc(=O)n2C1[C@@H]1[CH-][C@H]1CO. The molecular formula is C18H17FN2O3S. The van der Waals surface area contributed by atoms with Gasteiger partial charge in [-0.1, -0.05) is 0 Å². The Morgan fingerprint density at radius 1 is 1.40 bits per heavy atom. The molecule has 1 aliphatic heterocycles. The highest BCUT2D eigenvalue weighted by Gasteiger charge is 2.44. The maximum absolute atomic E-state index is 12.9. The van der Waals surface area contributed by atoms with E-state index < -0.39 is 0 Å². The van der Waals surface area contributed by atoms with E-state index in [0.717, 1.165) is 4.86 Å². The Morgan fingerprint density at radius 3 is 2.84 bits per heavy atom. The van der Waals surface area contributed by atoms with Gasteiger partial charge in [-0.3, -0.25) is 4.79 Å². The van der Waals surface area contributed by atoms with Gasteiger partial charge in [0.25, 0.3) is 16.9 Å². The Kier molecular flexibility index (Phi) is 4.13. The van der Waals surface area contributed by atoms with Crippen LogP contribution in [0.1, 0.15) is 18.7 Å². The van der Waals surface area contributed by atoms with Gasteiger partial charge in [0.05, 0.1) is 11.7 Å². The van der Waals surface area contributed by atoms with Crippen molar-refractivity contribution in [2.75, 3.05) is 6.61 Å². The van der Waals surface area contributed by atoms with Crippen molar-refractivity contribution < 1.29 is 14.2 Å². The number of rotatable bonds is 5. The molecule has 1 aromatic carbocycles. The highest BCUT2D eigenvalue weighted by atomic mass is 32.1. The largest absolute Gasteiger partial charge is 0.487 e. The molecule has 7 heteroatoms. The van der Waals surface area contributed by atoms with E-state index in [4.69, 9.17) is 4.74 Å². The van der Waals surface area contributed by atoms with Crippen LogP contribution in [-0.2, 0) is 18.0 Å². The second kappa shape index (κ2) is 6.31. The summed E-state index contributed by atoms with van der Waals surface area (Å²) in [7, 11) is 0. The fourth-order valence-electron chi connectivity index (χ4n) is 3.18. The average Bonchev–Trinajstić information content (AvgIpc) is 3.29. The van der Waals surface area contributed by atoms with Crippen LogP contribution in [0, 0.1) is 24.1 Å². The number of nitrogens with zero attached hydrogens (tertiary/aromatic N) is 2. The maximum atomic E-state index is 12.9. The standard InChI is InChI=1S/C18H17FN2O3S/c1-10-17(15-6-11(15)8-22)21-16(23)7-13(20-18(21)25-10)9-24-14-4-2-12(19)3-5-14/h2-7,11,15,17,22H,8-9H2,1H3/t11-,15+,17?/m0/s1. The van der Waals surface area contributed by atoms with Crippen LogP contribution in [0.5, 0.6) is 5.75 Å². The van der Waals surface area contributed by atoms with Crippen molar-refractivity contribution in [3.05, 3.63) is 58.6 Å². The number of hydrogen-bond donors (Lipinski definition) is 1. The first-order valence-electron chi connectivity index (χ1n) is 8.05. The van der Waals surface area contributed by atoms with E-state index in [9.17, 15) is 14.3 Å². The minimum Gasteiger partial charge on any atom is -0.487 e. The van der Waals surface area contributed by atoms with E-state index in [0.29, 0.717) is 16.6 Å². The number of aliphatic hydroxyl groups excluding tert-OH is 1. The molecule has 1 N–H and O–H groups in total. The molecule has 2 heterocycles. The zero-order valence-electron chi connectivity index (χ0n) is 13.6. The molecule has 3 atom stereocenters. The van der Waals surface area contributed by atoms with Gasteiger partial charge in [-0.2, -0.15) is 16.8 Å². The summed E-state index contributed by atoms with van der Waals surface area (Å²) in [6, 6.07) is 7.16. The van der Waals surface area contributed by atoms with Gasteiger partial charge in [-0.25, -0.2) is 8.96 Å². The number of fused-ring (bicyclic) bond motifs is 1. The van der Waals surface area contributed by atoms with Crippen molar-refractivity contribution in [2.24, 2.45) is 11.8 Å². The highest BCUT2D eigenvalue weighted by Crippen LogP contribution is 2.46. The molecule has 0 spiro atoms. The zero-order chi connectivity index (χ0) is 17.6. The van der Waals surface area contributed by atoms with Gasteiger partial charge in [0, 0.05) is 19.6 Å². The number of aromatic nitrogens is 2. The molecule has 5 nitrogen and oxygen atoms in total. The Labute approximate surface area is 148 Å². The lowest BCUT2D eigenvalue weighted by atomic mass is 10.1. The molecule has 1 saturated carbocycles. The third-order valence-corrected chi connectivity index (χ3v) is 5.55. The lowest BCUT2D eigenvalue weighted by molar-refractivity contribution is 0.264. The molecule has 1 aromatic heterocycles. The van der Waals surface area contributed by atoms with Crippen molar-refractivity contribution in [3.8, 4) is 5.75 Å². The minimum absolute atomic E-state index is 0.0378. The Balaban J connectivity index is 1.55. The molecule has 2 aromatic rings. The lowest BCUT2D eigenvalue weighted by Crippen LogP contribution is -2.29. The van der Waals surface area contributed by atoms with E-state index in [-0.39, 0.29) is 42.5 Å². The van der Waals surface area contributed by atoms with E-state index in [1.165, 1.54) is 41.7 Å². The van der Waals surface area contributed by atoms with Gasteiger partial charge >= 0.3 is 5.16 Å². The van der Waals surface area contributed by atoms with Crippen LogP contribution < -0.4 is 10.3 Å². The van der Waals surface area contributed by atoms with Gasteiger partial charge in [0.15, 0.2) is 0 Å². The molecule has 1 aliphatic carbocycles. The zero-order valence-corrected chi connectivity index (χ0v) is 14.4. The number of aliphatic hydroxyl groups is 1. The summed E-state index contributed by atoms with van der Waals surface area (Å²) in [6.45, 7) is 2.26. The van der Waals surface area contributed by atoms with Gasteiger partial charge in [0.1, 0.15) is 18.2 Å². The first kappa shape index (κ1) is 16.4. The first-order valence-corrected chi connectivity index (χ1v) is 8.86. The summed E-state index contributed by atoms with van der Waals surface area (Å²) < 4.78 is 20.2. The smallest absolute Gasteiger partial charge is 0.406 e. The molecule has 1 unspecified atom stereocenters. The van der Waals surface area contributed by atoms with Crippen LogP contribution in [0.2, 0.25) is 0 Å². The van der Waals surface area contributed by atoms with Crippen LogP contribution >= 0.6 is 0 Å². The monoisotopic (exact) mass is 360 g/mol. The summed E-state index contributed by atoms with van der Waals surface area (Å²) in [4.78, 5) is 18.2. The lowest BCUT2D eigenvalue weighted by Gasteiger charge is -2.15. The van der Waals surface area contributed by atoms with Crippen molar-refractivity contribution in [3.63, 3.8) is 0 Å². The molecule has 0 amide bonds. The van der Waals surface area contributed by atoms with E-state index in [2.05, 4.69) is 11.4 Å². The quantitative estimate of drug-likeness (QED) is 0.381. The number of benzene rings is 1. The molecule has 1 fully saturated rings. The van der Waals surface area contributed by atoms with Crippen LogP contribution in [0.15, 0.2) is 40.3 Å². The summed E-state index contributed by atoms with van der Waals surface area (Å²) in [6.07, 6.45) is 2.07. The van der Waals surface area contributed by atoms with E-state index in [1.54, 1.807) is 4.57 Å². The van der Waals surface area contributed by atoms with Gasteiger partial charge in [-0.05, 0) is 24.3 Å². The summed E-state index contributed by atoms with van der Waals surface area (Å²) >= 11 is 1.49. The predicted octanol–water partition coefficient (Wildman–Crippen LogP) is 1.59. The fraction of sp³-hybridized carbons (Fsp3) is 0.333. The normalized spacial score (nSPS) is 24.0. The number of halogens is 1. The van der Waals surface area contributed by atoms with Crippen LogP contribution in [0.3, 0.4) is 0 Å². The van der Waals surface area contributed by atoms with Crippen molar-refractivity contribution in [1.82, 2.24) is 9.55 Å². The van der Waals surface area contributed by atoms with Crippen molar-refractivity contribution in [1.29, 1.82) is 0 Å². The van der Waals surface area contributed by atoms with E-state index in [1.807, 2.05) is 6.92 Å². The molecular weight excluding hydrogens is 343 g/mol. The van der Waals surface area contributed by atoms with Crippen LogP contribution in [-0.4, -0.2) is 26.1 Å². The fourth-order valence-corrected chi connectivity index (χ4v) is 4.31.